The lowest BCUT2D eigenvalue weighted by Gasteiger charge is -2.03. The molecule has 0 radical (unpaired) electrons. The van der Waals surface area contributed by atoms with Gasteiger partial charge in [0.2, 0.25) is 0 Å². The van der Waals surface area contributed by atoms with Crippen LogP contribution in [0.3, 0.4) is 0 Å². The van der Waals surface area contributed by atoms with Crippen molar-refractivity contribution in [3.63, 3.8) is 0 Å². The maximum Gasteiger partial charge on any atom is 0.152 e. The van der Waals surface area contributed by atoms with Crippen LogP contribution in [0.4, 0.5) is 0 Å². The molecule has 0 spiro atoms. The summed E-state index contributed by atoms with van der Waals surface area (Å²) < 4.78 is 3.33. The topological polar surface area (TPSA) is 34.9 Å². The molecule has 0 saturated carbocycles. The maximum absolute atomic E-state index is 11.2. The van der Waals surface area contributed by atoms with Gasteiger partial charge in [-0.3, -0.25) is 4.79 Å². The largest absolute Gasteiger partial charge is 0.327 e. The molecule has 0 aliphatic carbocycles. The number of aromatic nitrogens is 2. The summed E-state index contributed by atoms with van der Waals surface area (Å²) >= 11 is 1.75. The zero-order valence-corrected chi connectivity index (χ0v) is 12.0. The van der Waals surface area contributed by atoms with E-state index in [-0.39, 0.29) is 0 Å². The molecule has 1 aromatic carbocycles. The Morgan fingerprint density at radius 1 is 1.14 bits per heavy atom. The smallest absolute Gasteiger partial charge is 0.152 e. The second-order valence-corrected chi connectivity index (χ2v) is 5.87. The van der Waals surface area contributed by atoms with Gasteiger partial charge < -0.3 is 4.57 Å². The number of pyridine rings is 1. The van der Waals surface area contributed by atoms with Crippen LogP contribution in [0.1, 0.15) is 15.9 Å². The number of hydrogen-bond donors (Lipinski definition) is 0. The van der Waals surface area contributed by atoms with Crippen LogP contribution >= 0.6 is 11.3 Å². The SMILES string of the molecule is O=Cc1cn(Cc2csc3ccccc23)c2ncccc12. The molecular formula is C17H12N2OS. The van der Waals surface area contributed by atoms with E-state index in [0.717, 1.165) is 23.9 Å². The summed E-state index contributed by atoms with van der Waals surface area (Å²) in [6.45, 7) is 0.728. The van der Waals surface area contributed by atoms with Gasteiger partial charge in [-0.15, -0.1) is 11.3 Å². The van der Waals surface area contributed by atoms with Gasteiger partial charge in [-0.25, -0.2) is 4.98 Å². The first-order valence-corrected chi connectivity index (χ1v) is 7.59. The lowest BCUT2D eigenvalue weighted by molar-refractivity contribution is 0.112. The van der Waals surface area contributed by atoms with E-state index in [0.29, 0.717) is 5.56 Å². The van der Waals surface area contributed by atoms with Crippen molar-refractivity contribution in [2.45, 2.75) is 6.54 Å². The molecule has 4 aromatic rings. The first-order valence-electron chi connectivity index (χ1n) is 6.71. The number of hydrogen-bond acceptors (Lipinski definition) is 3. The van der Waals surface area contributed by atoms with E-state index in [1.54, 1.807) is 17.5 Å². The third-order valence-electron chi connectivity index (χ3n) is 3.69. The van der Waals surface area contributed by atoms with Gasteiger partial charge in [0.05, 0.1) is 6.54 Å². The van der Waals surface area contributed by atoms with Crippen LogP contribution in [0.25, 0.3) is 21.1 Å². The second kappa shape index (κ2) is 4.82. The maximum atomic E-state index is 11.2. The van der Waals surface area contributed by atoms with E-state index in [9.17, 15) is 4.79 Å². The Bertz CT molecular complexity index is 952. The third-order valence-corrected chi connectivity index (χ3v) is 4.71. The Labute approximate surface area is 125 Å². The molecule has 0 saturated heterocycles. The molecule has 0 aliphatic rings. The molecule has 4 rings (SSSR count). The number of carbonyl (C=O) groups excluding carboxylic acids is 1. The summed E-state index contributed by atoms with van der Waals surface area (Å²) in [6, 6.07) is 12.2. The summed E-state index contributed by atoms with van der Waals surface area (Å²) in [4.78, 5) is 15.6. The van der Waals surface area contributed by atoms with Crippen molar-refractivity contribution in [2.75, 3.05) is 0 Å². The Morgan fingerprint density at radius 2 is 2.00 bits per heavy atom. The number of carbonyl (C=O) groups is 1. The van der Waals surface area contributed by atoms with Gasteiger partial charge in [-0.2, -0.15) is 0 Å². The third kappa shape index (κ3) is 1.96. The molecule has 3 aromatic heterocycles. The second-order valence-electron chi connectivity index (χ2n) is 4.96. The summed E-state index contributed by atoms with van der Waals surface area (Å²) in [5.74, 6) is 0. The van der Waals surface area contributed by atoms with E-state index in [4.69, 9.17) is 0 Å². The molecule has 0 unspecified atom stereocenters. The van der Waals surface area contributed by atoms with Crippen LogP contribution in [0.2, 0.25) is 0 Å². The van der Waals surface area contributed by atoms with Crippen LogP contribution in [0, 0.1) is 0 Å². The highest BCUT2D eigenvalue weighted by Gasteiger charge is 2.10. The van der Waals surface area contributed by atoms with Crippen molar-refractivity contribution < 1.29 is 4.79 Å². The van der Waals surface area contributed by atoms with Crippen LogP contribution in [0.5, 0.6) is 0 Å². The Morgan fingerprint density at radius 3 is 2.90 bits per heavy atom. The molecule has 21 heavy (non-hydrogen) atoms. The fourth-order valence-electron chi connectivity index (χ4n) is 2.70. The van der Waals surface area contributed by atoms with E-state index in [1.165, 1.54) is 15.6 Å². The van der Waals surface area contributed by atoms with Gasteiger partial charge in [-0.05, 0) is 34.5 Å². The molecule has 0 N–H and O–H groups in total. The molecular weight excluding hydrogens is 280 g/mol. The molecule has 0 amide bonds. The zero-order chi connectivity index (χ0) is 14.2. The van der Waals surface area contributed by atoms with Crippen molar-refractivity contribution in [1.29, 1.82) is 0 Å². The molecule has 0 atom stereocenters. The number of benzene rings is 1. The van der Waals surface area contributed by atoms with Gasteiger partial charge in [0.15, 0.2) is 6.29 Å². The van der Waals surface area contributed by atoms with Gasteiger partial charge in [0, 0.05) is 28.0 Å². The molecule has 0 bridgehead atoms. The fraction of sp³-hybridized carbons (Fsp3) is 0.0588. The minimum Gasteiger partial charge on any atom is -0.327 e. The molecule has 0 fully saturated rings. The van der Waals surface area contributed by atoms with Crippen LogP contribution in [-0.4, -0.2) is 15.8 Å². The number of fused-ring (bicyclic) bond motifs is 2. The highest BCUT2D eigenvalue weighted by Crippen LogP contribution is 2.27. The average molecular weight is 292 g/mol. The summed E-state index contributed by atoms with van der Waals surface area (Å²) in [5, 5.41) is 4.36. The van der Waals surface area contributed by atoms with E-state index in [1.807, 2.05) is 22.9 Å². The van der Waals surface area contributed by atoms with Crippen LogP contribution < -0.4 is 0 Å². The zero-order valence-electron chi connectivity index (χ0n) is 11.2. The monoisotopic (exact) mass is 292 g/mol. The highest BCUT2D eigenvalue weighted by molar-refractivity contribution is 7.17. The molecule has 3 nitrogen and oxygen atoms in total. The Hall–Kier alpha value is -2.46. The number of nitrogens with zero attached hydrogens (tertiary/aromatic N) is 2. The number of rotatable bonds is 3. The number of thiophene rings is 1. The summed E-state index contributed by atoms with van der Waals surface area (Å²) in [5.41, 5.74) is 2.81. The van der Waals surface area contributed by atoms with Gasteiger partial charge in [0.1, 0.15) is 5.65 Å². The predicted octanol–water partition coefficient (Wildman–Crippen LogP) is 4.11. The van der Waals surface area contributed by atoms with E-state index in [2.05, 4.69) is 34.6 Å². The van der Waals surface area contributed by atoms with Gasteiger partial charge >= 0.3 is 0 Å². The standard InChI is InChI=1S/C17H12N2OS/c20-10-12-8-19(17-15(12)5-3-7-18-17)9-13-11-21-16-6-2-1-4-14(13)16/h1-8,10-11H,9H2. The Kier molecular flexibility index (Phi) is 2.82. The minimum absolute atomic E-state index is 0.692. The van der Waals surface area contributed by atoms with Crippen molar-refractivity contribution in [1.82, 2.24) is 9.55 Å². The highest BCUT2D eigenvalue weighted by atomic mass is 32.1. The van der Waals surface area contributed by atoms with E-state index >= 15 is 0 Å². The normalized spacial score (nSPS) is 11.2. The average Bonchev–Trinajstić information content (AvgIpc) is 3.10. The molecule has 0 aliphatic heterocycles. The van der Waals surface area contributed by atoms with Crippen LogP contribution in [0.15, 0.2) is 54.2 Å². The number of aldehydes is 1. The predicted molar refractivity (Wildman–Crippen MR) is 86.0 cm³/mol. The first-order chi connectivity index (χ1) is 10.4. The Balaban J connectivity index is 1.86. The van der Waals surface area contributed by atoms with E-state index < -0.39 is 0 Å². The van der Waals surface area contributed by atoms with Crippen molar-refractivity contribution in [3.05, 3.63) is 65.3 Å². The molecule has 3 heterocycles. The van der Waals surface area contributed by atoms with Crippen molar-refractivity contribution in [2.24, 2.45) is 0 Å². The summed E-state index contributed by atoms with van der Waals surface area (Å²) in [7, 11) is 0. The van der Waals surface area contributed by atoms with Crippen LogP contribution in [-0.2, 0) is 6.54 Å². The van der Waals surface area contributed by atoms with Crippen molar-refractivity contribution in [3.8, 4) is 0 Å². The molecule has 4 heteroatoms. The quantitative estimate of drug-likeness (QED) is 0.533. The fourth-order valence-corrected chi connectivity index (χ4v) is 3.66. The lowest BCUT2D eigenvalue weighted by atomic mass is 10.2. The van der Waals surface area contributed by atoms with Crippen molar-refractivity contribution >= 4 is 38.7 Å². The summed E-state index contributed by atoms with van der Waals surface area (Å²) in [6.07, 6.45) is 4.54. The van der Waals surface area contributed by atoms with Gasteiger partial charge in [-0.1, -0.05) is 18.2 Å². The lowest BCUT2D eigenvalue weighted by Crippen LogP contribution is -1.98. The van der Waals surface area contributed by atoms with Gasteiger partial charge in [0.25, 0.3) is 0 Å². The minimum atomic E-state index is 0.692. The molecule has 102 valence electrons. The first kappa shape index (κ1) is 12.3.